The maximum atomic E-state index is 6.10. The van der Waals surface area contributed by atoms with Gasteiger partial charge in [0.1, 0.15) is 5.75 Å². The van der Waals surface area contributed by atoms with Crippen molar-refractivity contribution in [2.75, 3.05) is 20.7 Å². The summed E-state index contributed by atoms with van der Waals surface area (Å²) in [6, 6.07) is 8.30. The van der Waals surface area contributed by atoms with E-state index in [4.69, 9.17) is 10.5 Å². The minimum Gasteiger partial charge on any atom is -0.497 e. The fourth-order valence-corrected chi connectivity index (χ4v) is 3.46. The van der Waals surface area contributed by atoms with Crippen molar-refractivity contribution in [2.45, 2.75) is 38.3 Å². The molecule has 2 unspecified atom stereocenters. The molecule has 1 fully saturated rings. The van der Waals surface area contributed by atoms with Crippen molar-refractivity contribution >= 4 is 0 Å². The van der Waals surface area contributed by atoms with Crippen molar-refractivity contribution in [3.05, 3.63) is 29.8 Å². The normalized spacial score (nSPS) is 26.9. The maximum absolute atomic E-state index is 6.10. The fraction of sp³-hybridized carbons (Fsp3) is 0.625. The van der Waals surface area contributed by atoms with Crippen molar-refractivity contribution < 1.29 is 4.74 Å². The molecule has 0 aromatic heterocycles. The Kier molecular flexibility index (Phi) is 4.48. The van der Waals surface area contributed by atoms with Crippen molar-refractivity contribution in [3.63, 3.8) is 0 Å². The van der Waals surface area contributed by atoms with Gasteiger partial charge in [0, 0.05) is 18.6 Å². The van der Waals surface area contributed by atoms with Gasteiger partial charge in [-0.1, -0.05) is 25.5 Å². The summed E-state index contributed by atoms with van der Waals surface area (Å²) < 4.78 is 5.29. The summed E-state index contributed by atoms with van der Waals surface area (Å²) in [6.45, 7) is 4.01. The van der Waals surface area contributed by atoms with Crippen LogP contribution in [0.5, 0.6) is 5.75 Å². The van der Waals surface area contributed by atoms with Crippen LogP contribution in [-0.4, -0.2) is 31.1 Å². The van der Waals surface area contributed by atoms with Gasteiger partial charge in [0.25, 0.3) is 0 Å². The molecule has 1 aromatic carbocycles. The van der Waals surface area contributed by atoms with E-state index in [-0.39, 0.29) is 5.54 Å². The van der Waals surface area contributed by atoms with Crippen molar-refractivity contribution in [1.29, 1.82) is 0 Å². The molecule has 19 heavy (non-hydrogen) atoms. The fourth-order valence-electron chi connectivity index (χ4n) is 3.46. The van der Waals surface area contributed by atoms with E-state index in [2.05, 4.69) is 37.1 Å². The molecule has 2 atom stereocenters. The summed E-state index contributed by atoms with van der Waals surface area (Å²) in [6.07, 6.45) is 3.80. The van der Waals surface area contributed by atoms with Gasteiger partial charge >= 0.3 is 0 Å². The van der Waals surface area contributed by atoms with Crippen LogP contribution < -0.4 is 10.5 Å². The zero-order valence-electron chi connectivity index (χ0n) is 12.4. The number of methoxy groups -OCH3 is 1. The van der Waals surface area contributed by atoms with Gasteiger partial charge < -0.3 is 10.5 Å². The van der Waals surface area contributed by atoms with E-state index in [0.29, 0.717) is 5.92 Å². The van der Waals surface area contributed by atoms with Gasteiger partial charge in [-0.25, -0.2) is 0 Å². The van der Waals surface area contributed by atoms with Gasteiger partial charge in [0.05, 0.1) is 7.11 Å². The number of nitrogens with zero attached hydrogens (tertiary/aromatic N) is 1. The first-order valence-corrected chi connectivity index (χ1v) is 7.16. The Bertz CT molecular complexity index is 421. The van der Waals surface area contributed by atoms with Crippen molar-refractivity contribution in [3.8, 4) is 5.75 Å². The van der Waals surface area contributed by atoms with Gasteiger partial charge in [0.15, 0.2) is 0 Å². The van der Waals surface area contributed by atoms with Crippen LogP contribution in [0.15, 0.2) is 24.3 Å². The van der Waals surface area contributed by atoms with Crippen molar-refractivity contribution in [2.24, 2.45) is 11.7 Å². The number of hydrogen-bond donors (Lipinski definition) is 1. The van der Waals surface area contributed by atoms with E-state index in [0.717, 1.165) is 18.8 Å². The maximum Gasteiger partial charge on any atom is 0.119 e. The molecule has 0 saturated heterocycles. The highest BCUT2D eigenvalue weighted by atomic mass is 16.5. The lowest BCUT2D eigenvalue weighted by atomic mass is 9.86. The third kappa shape index (κ3) is 2.77. The van der Waals surface area contributed by atoms with E-state index in [1.807, 2.05) is 6.07 Å². The highest BCUT2D eigenvalue weighted by molar-refractivity contribution is 5.28. The Morgan fingerprint density at radius 2 is 2.26 bits per heavy atom. The Labute approximate surface area is 116 Å². The number of hydrogen-bond acceptors (Lipinski definition) is 3. The van der Waals surface area contributed by atoms with Crippen LogP contribution in [0.1, 0.15) is 31.7 Å². The van der Waals surface area contributed by atoms with E-state index in [1.54, 1.807) is 7.11 Å². The van der Waals surface area contributed by atoms with Gasteiger partial charge in [0.2, 0.25) is 0 Å². The monoisotopic (exact) mass is 262 g/mol. The molecule has 3 nitrogen and oxygen atoms in total. The second-order valence-corrected chi connectivity index (χ2v) is 5.81. The first kappa shape index (κ1) is 14.4. The Morgan fingerprint density at radius 3 is 2.84 bits per heavy atom. The largest absolute Gasteiger partial charge is 0.497 e. The van der Waals surface area contributed by atoms with E-state index in [9.17, 15) is 0 Å². The first-order chi connectivity index (χ1) is 9.12. The number of nitrogens with two attached hydrogens (primary N) is 1. The predicted octanol–water partition coefficient (Wildman–Crippen LogP) is 2.64. The highest BCUT2D eigenvalue weighted by Crippen LogP contribution is 2.39. The SMILES string of the molecule is COc1cccc(CN(C)C2(CN)CCCC2C)c1. The summed E-state index contributed by atoms with van der Waals surface area (Å²) in [5.41, 5.74) is 7.56. The van der Waals surface area contributed by atoms with E-state index < -0.39 is 0 Å². The highest BCUT2D eigenvalue weighted by Gasteiger charge is 2.42. The van der Waals surface area contributed by atoms with Crippen LogP contribution in [0.25, 0.3) is 0 Å². The topological polar surface area (TPSA) is 38.5 Å². The van der Waals surface area contributed by atoms with Gasteiger partial charge in [-0.15, -0.1) is 0 Å². The smallest absolute Gasteiger partial charge is 0.119 e. The standard InChI is InChI=1S/C16H26N2O/c1-13-6-5-9-16(13,12-17)18(2)11-14-7-4-8-15(10-14)19-3/h4,7-8,10,13H,5-6,9,11-12,17H2,1-3H3. The van der Waals surface area contributed by atoms with Crippen molar-refractivity contribution in [1.82, 2.24) is 4.90 Å². The molecule has 1 aliphatic carbocycles. The van der Waals surface area contributed by atoms with Crippen LogP contribution in [0.4, 0.5) is 0 Å². The van der Waals surface area contributed by atoms with Gasteiger partial charge in [-0.3, -0.25) is 4.90 Å². The van der Waals surface area contributed by atoms with E-state index in [1.165, 1.54) is 24.8 Å². The third-order valence-electron chi connectivity index (χ3n) is 4.83. The van der Waals surface area contributed by atoms with E-state index >= 15 is 0 Å². The predicted molar refractivity (Wildman–Crippen MR) is 79.3 cm³/mol. The molecule has 3 heteroatoms. The van der Waals surface area contributed by atoms with Crippen LogP contribution in [0, 0.1) is 5.92 Å². The summed E-state index contributed by atoms with van der Waals surface area (Å²) in [4.78, 5) is 2.44. The van der Waals surface area contributed by atoms with Crippen LogP contribution >= 0.6 is 0 Å². The molecule has 0 heterocycles. The lowest BCUT2D eigenvalue weighted by Gasteiger charge is -2.42. The molecule has 0 bridgehead atoms. The first-order valence-electron chi connectivity index (χ1n) is 7.16. The Balaban J connectivity index is 2.13. The average Bonchev–Trinajstić information content (AvgIpc) is 2.81. The molecule has 2 rings (SSSR count). The second-order valence-electron chi connectivity index (χ2n) is 5.81. The summed E-state index contributed by atoms with van der Waals surface area (Å²) in [5, 5.41) is 0. The zero-order valence-corrected chi connectivity index (χ0v) is 12.4. The molecule has 1 saturated carbocycles. The molecule has 106 valence electrons. The number of ether oxygens (including phenoxy) is 1. The van der Waals surface area contributed by atoms with Crippen LogP contribution in [0.2, 0.25) is 0 Å². The number of benzene rings is 1. The van der Waals surface area contributed by atoms with Gasteiger partial charge in [-0.05, 0) is 43.5 Å². The summed E-state index contributed by atoms with van der Waals surface area (Å²) in [5.74, 6) is 1.60. The quantitative estimate of drug-likeness (QED) is 0.886. The number of rotatable bonds is 5. The molecule has 0 amide bonds. The summed E-state index contributed by atoms with van der Waals surface area (Å²) in [7, 11) is 3.91. The molecule has 0 aliphatic heterocycles. The molecule has 1 aliphatic rings. The Morgan fingerprint density at radius 1 is 1.47 bits per heavy atom. The molecule has 2 N–H and O–H groups in total. The summed E-state index contributed by atoms with van der Waals surface area (Å²) >= 11 is 0. The van der Waals surface area contributed by atoms with Gasteiger partial charge in [-0.2, -0.15) is 0 Å². The molecular formula is C16H26N2O. The third-order valence-corrected chi connectivity index (χ3v) is 4.83. The van der Waals surface area contributed by atoms with Crippen LogP contribution in [0.3, 0.4) is 0 Å². The Hall–Kier alpha value is -1.06. The molecule has 1 aromatic rings. The molecule has 0 radical (unpaired) electrons. The lowest BCUT2D eigenvalue weighted by molar-refractivity contribution is 0.0841. The average molecular weight is 262 g/mol. The molecular weight excluding hydrogens is 236 g/mol. The second kappa shape index (κ2) is 5.93. The molecule has 0 spiro atoms. The minimum atomic E-state index is 0.170. The lowest BCUT2D eigenvalue weighted by Crippen LogP contribution is -2.53. The van der Waals surface area contributed by atoms with Crippen LogP contribution in [-0.2, 0) is 6.54 Å². The number of likely N-dealkylation sites (N-methyl/N-ethyl adjacent to an activating group) is 1. The zero-order chi connectivity index (χ0) is 13.9. The minimum absolute atomic E-state index is 0.170.